The molecule has 0 saturated heterocycles. The summed E-state index contributed by atoms with van der Waals surface area (Å²) in [5.74, 6) is -3.01. The molecule has 0 spiro atoms. The number of hydrogen-bond donors (Lipinski definition) is 4. The van der Waals surface area contributed by atoms with Gasteiger partial charge in [0.05, 0.1) is 0 Å². The van der Waals surface area contributed by atoms with Gasteiger partial charge < -0.3 is 24.2 Å². The van der Waals surface area contributed by atoms with Gasteiger partial charge >= 0.3 is 19.4 Å². The molecule has 1 aromatic heterocycles. The summed E-state index contributed by atoms with van der Waals surface area (Å²) in [6, 6.07) is 8.26. The number of ether oxygens (including phenoxy) is 2. The molecule has 1 fully saturated rings. The molecular formula is C25H37FN3O10P. The number of methoxy groups -OCH3 is 1. The highest BCUT2D eigenvalue weighted by molar-refractivity contribution is 7.52. The minimum Gasteiger partial charge on any atom is -0.461 e. The second kappa shape index (κ2) is 15.8. The third kappa shape index (κ3) is 10.6. The lowest BCUT2D eigenvalue weighted by atomic mass is 9.98. The summed E-state index contributed by atoms with van der Waals surface area (Å²) in [6.07, 6.45) is 4.18. The Morgan fingerprint density at radius 3 is 2.40 bits per heavy atom. The number of aliphatic hydroxyl groups excluding tert-OH is 2. The van der Waals surface area contributed by atoms with E-state index in [1.165, 1.54) is 32.2 Å². The van der Waals surface area contributed by atoms with Crippen molar-refractivity contribution in [1.29, 1.82) is 0 Å². The quantitative estimate of drug-likeness (QED) is 0.211. The summed E-state index contributed by atoms with van der Waals surface area (Å²) in [5.41, 5.74) is -1.07. The zero-order chi connectivity index (χ0) is 29.8. The molecule has 1 saturated carbocycles. The lowest BCUT2D eigenvalue weighted by Gasteiger charge is -2.29. The SMILES string of the molecule is CO[C@](F)(COP(=O)(NC(C)C(=O)OC1CCCCC1)Oc1ccccc1)[C@H](C)O.O=c1ccn(CO)c(=O)[nH]1. The number of aliphatic hydroxyl groups is 2. The Morgan fingerprint density at radius 2 is 1.85 bits per heavy atom. The molecule has 0 amide bonds. The number of alkyl halides is 1. The van der Waals surface area contributed by atoms with Gasteiger partial charge in [0, 0.05) is 19.4 Å². The van der Waals surface area contributed by atoms with Crippen LogP contribution in [0.3, 0.4) is 0 Å². The molecule has 224 valence electrons. The van der Waals surface area contributed by atoms with E-state index >= 15 is 0 Å². The molecule has 1 heterocycles. The molecule has 1 aliphatic carbocycles. The summed E-state index contributed by atoms with van der Waals surface area (Å²) in [4.78, 5) is 35.5. The molecule has 13 nitrogen and oxygen atoms in total. The Bertz CT molecular complexity index is 1220. The first kappa shape index (κ1) is 33.3. The highest BCUT2D eigenvalue weighted by Gasteiger charge is 2.41. The van der Waals surface area contributed by atoms with Crippen molar-refractivity contribution < 1.29 is 42.5 Å². The second-order valence-corrected chi connectivity index (χ2v) is 10.8. The van der Waals surface area contributed by atoms with Gasteiger partial charge in [0.2, 0.25) is 0 Å². The van der Waals surface area contributed by atoms with Crippen LogP contribution >= 0.6 is 7.75 Å². The van der Waals surface area contributed by atoms with Crippen molar-refractivity contribution in [1.82, 2.24) is 14.6 Å². The van der Waals surface area contributed by atoms with Crippen LogP contribution in [0.15, 0.2) is 52.2 Å². The predicted octanol–water partition coefficient (Wildman–Crippen LogP) is 2.22. The molecule has 4 atom stereocenters. The maximum atomic E-state index is 14.6. The standard InChI is InChI=1S/C20H31FNO7P.C5H6N2O3/c1-15(19(24)28-17-10-6-4-7-11-17)22-30(25,29-18-12-8-5-9-13-18)27-14-20(21,26-3)16(2)23;8-3-7-2-1-4(9)6-5(7)10/h5,8-9,12-13,15-17,23H,4,6-7,10-11,14H2,1-3H3,(H,22,25);1-2,8H,3H2,(H,6,9,10)/t15?,16-,20+,30?;/m0./s1. The molecule has 2 aromatic rings. The number of para-hydroxylation sites is 1. The normalized spacial score (nSPS) is 18.2. The summed E-state index contributed by atoms with van der Waals surface area (Å²) in [6.45, 7) is 1.33. The summed E-state index contributed by atoms with van der Waals surface area (Å²) >= 11 is 0. The van der Waals surface area contributed by atoms with Crippen molar-refractivity contribution in [2.75, 3.05) is 13.7 Å². The van der Waals surface area contributed by atoms with Crippen LogP contribution in [0.4, 0.5) is 4.39 Å². The zero-order valence-electron chi connectivity index (χ0n) is 22.7. The Balaban J connectivity index is 0.000000469. The van der Waals surface area contributed by atoms with Gasteiger partial charge in [-0.05, 0) is 51.7 Å². The molecule has 4 N–H and O–H groups in total. The smallest absolute Gasteiger partial charge is 0.459 e. The molecule has 2 unspecified atom stereocenters. The summed E-state index contributed by atoms with van der Waals surface area (Å²) in [7, 11) is -3.18. The monoisotopic (exact) mass is 589 g/mol. The van der Waals surface area contributed by atoms with Crippen LogP contribution in [0.1, 0.15) is 46.0 Å². The predicted molar refractivity (Wildman–Crippen MR) is 142 cm³/mol. The number of carbonyl (C=O) groups excluding carboxylic acids is 1. The fraction of sp³-hybridized carbons (Fsp3) is 0.560. The number of benzene rings is 1. The van der Waals surface area contributed by atoms with E-state index in [2.05, 4.69) is 9.82 Å². The van der Waals surface area contributed by atoms with Gasteiger partial charge in [-0.2, -0.15) is 5.09 Å². The molecule has 0 bridgehead atoms. The number of esters is 1. The molecule has 15 heteroatoms. The topological polar surface area (TPSA) is 178 Å². The van der Waals surface area contributed by atoms with Crippen LogP contribution in [0, 0.1) is 0 Å². The lowest BCUT2D eigenvalue weighted by Crippen LogP contribution is -2.43. The molecule has 0 aliphatic heterocycles. The molecule has 3 rings (SSSR count). The maximum absolute atomic E-state index is 14.6. The summed E-state index contributed by atoms with van der Waals surface area (Å²) < 4.78 is 49.7. The molecule has 1 aromatic carbocycles. The number of aromatic amines is 1. The van der Waals surface area contributed by atoms with Crippen LogP contribution in [-0.2, 0) is 30.1 Å². The van der Waals surface area contributed by atoms with E-state index < -0.39 is 56.3 Å². The number of H-pyrrole nitrogens is 1. The minimum atomic E-state index is -4.24. The fourth-order valence-corrected chi connectivity index (χ4v) is 5.03. The number of nitrogens with zero attached hydrogens (tertiary/aromatic N) is 1. The van der Waals surface area contributed by atoms with Crippen LogP contribution < -0.4 is 20.9 Å². The Kier molecular flexibility index (Phi) is 13.2. The minimum absolute atomic E-state index is 0.173. The van der Waals surface area contributed by atoms with Crippen molar-refractivity contribution in [2.45, 2.75) is 76.8 Å². The van der Waals surface area contributed by atoms with Gasteiger partial charge in [0.1, 0.15) is 37.3 Å². The van der Waals surface area contributed by atoms with E-state index in [0.29, 0.717) is 0 Å². The van der Waals surface area contributed by atoms with Crippen molar-refractivity contribution in [3.05, 3.63) is 63.4 Å². The van der Waals surface area contributed by atoms with E-state index in [1.54, 1.807) is 18.2 Å². The first-order valence-electron chi connectivity index (χ1n) is 12.7. The number of halogens is 1. The van der Waals surface area contributed by atoms with Gasteiger partial charge in [0.25, 0.3) is 11.4 Å². The molecule has 0 radical (unpaired) electrons. The summed E-state index contributed by atoms with van der Waals surface area (Å²) in [5, 5.41) is 20.6. The first-order chi connectivity index (χ1) is 18.9. The Labute approximate surface area is 230 Å². The Morgan fingerprint density at radius 1 is 1.20 bits per heavy atom. The lowest BCUT2D eigenvalue weighted by molar-refractivity contribution is -0.202. The first-order valence-corrected chi connectivity index (χ1v) is 14.3. The van der Waals surface area contributed by atoms with Gasteiger partial charge in [-0.1, -0.05) is 24.6 Å². The van der Waals surface area contributed by atoms with Crippen molar-refractivity contribution >= 4 is 13.7 Å². The van der Waals surface area contributed by atoms with Gasteiger partial charge in [-0.3, -0.25) is 23.7 Å². The molecular weight excluding hydrogens is 552 g/mol. The van der Waals surface area contributed by atoms with E-state index in [9.17, 15) is 28.4 Å². The highest BCUT2D eigenvalue weighted by atomic mass is 31.2. The second-order valence-electron chi connectivity index (χ2n) is 9.11. The number of hydrogen-bond acceptors (Lipinski definition) is 10. The van der Waals surface area contributed by atoms with Crippen LogP contribution in [0.25, 0.3) is 0 Å². The third-order valence-electron chi connectivity index (χ3n) is 5.95. The van der Waals surface area contributed by atoms with Crippen LogP contribution in [0.5, 0.6) is 5.75 Å². The van der Waals surface area contributed by atoms with E-state index in [0.717, 1.165) is 49.8 Å². The largest absolute Gasteiger partial charge is 0.461 e. The van der Waals surface area contributed by atoms with Crippen molar-refractivity contribution in [3.63, 3.8) is 0 Å². The highest BCUT2D eigenvalue weighted by Crippen LogP contribution is 2.46. The van der Waals surface area contributed by atoms with Crippen molar-refractivity contribution in [3.8, 4) is 5.75 Å². The zero-order valence-corrected chi connectivity index (χ0v) is 23.6. The van der Waals surface area contributed by atoms with Gasteiger partial charge in [-0.15, -0.1) is 0 Å². The number of aromatic nitrogens is 2. The number of carbonyl (C=O) groups is 1. The average molecular weight is 590 g/mol. The van der Waals surface area contributed by atoms with Crippen LogP contribution in [0.2, 0.25) is 0 Å². The molecule has 1 aliphatic rings. The average Bonchev–Trinajstić information content (AvgIpc) is 2.93. The van der Waals surface area contributed by atoms with Gasteiger partial charge in [-0.25, -0.2) is 13.8 Å². The molecule has 40 heavy (non-hydrogen) atoms. The van der Waals surface area contributed by atoms with E-state index in [4.69, 9.17) is 18.9 Å². The third-order valence-corrected chi connectivity index (χ3v) is 7.58. The van der Waals surface area contributed by atoms with E-state index in [-0.39, 0.29) is 11.9 Å². The van der Waals surface area contributed by atoms with Crippen LogP contribution in [-0.4, -0.2) is 63.6 Å². The van der Waals surface area contributed by atoms with Crippen molar-refractivity contribution in [2.24, 2.45) is 0 Å². The Hall–Kier alpha value is -2.87. The fourth-order valence-electron chi connectivity index (χ4n) is 3.53. The van der Waals surface area contributed by atoms with E-state index in [1.807, 2.05) is 4.98 Å². The van der Waals surface area contributed by atoms with Gasteiger partial charge in [0.15, 0.2) is 0 Å². The number of nitrogens with one attached hydrogen (secondary N) is 2. The maximum Gasteiger partial charge on any atom is 0.459 e. The number of rotatable bonds is 12.